The Morgan fingerprint density at radius 2 is 2.10 bits per heavy atom. The normalized spacial score (nSPS) is 15.2. The van der Waals surface area contributed by atoms with Gasteiger partial charge in [-0.25, -0.2) is 4.39 Å². The highest BCUT2D eigenvalue weighted by atomic mass is 19.1. The fourth-order valence-electron chi connectivity index (χ4n) is 2.62. The molecule has 1 fully saturated rings. The Kier molecular flexibility index (Phi) is 6.19. The highest BCUT2D eigenvalue weighted by Gasteiger charge is 2.12. The first-order valence-electron chi connectivity index (χ1n) is 7.57. The lowest BCUT2D eigenvalue weighted by Gasteiger charge is -2.21. The van der Waals surface area contributed by atoms with E-state index in [1.165, 1.54) is 32.0 Å². The Labute approximate surface area is 126 Å². The molecule has 0 spiro atoms. The molecule has 1 aromatic rings. The molecule has 0 unspecified atom stereocenters. The predicted molar refractivity (Wildman–Crippen MR) is 84.3 cm³/mol. The van der Waals surface area contributed by atoms with Crippen molar-refractivity contribution in [1.29, 1.82) is 0 Å². The first-order chi connectivity index (χ1) is 10.2. The van der Waals surface area contributed by atoms with Crippen molar-refractivity contribution in [3.63, 3.8) is 0 Å². The van der Waals surface area contributed by atoms with E-state index in [0.29, 0.717) is 5.56 Å². The number of likely N-dealkylation sites (tertiary alicyclic amines) is 1. The van der Waals surface area contributed by atoms with Gasteiger partial charge in [-0.2, -0.15) is 0 Å². The van der Waals surface area contributed by atoms with E-state index >= 15 is 0 Å². The van der Waals surface area contributed by atoms with Gasteiger partial charge in [0.05, 0.1) is 12.1 Å². The molecule has 1 aliphatic rings. The van der Waals surface area contributed by atoms with Crippen LogP contribution in [0.15, 0.2) is 18.2 Å². The standard InChI is InChI=1S/C17H24FN3/c1-20(11-12-21-9-2-3-10-21)14-15-6-7-17(18)16(13-15)5-4-8-19/h6-7,13H,2-3,8-12,14,19H2,1H3. The molecule has 1 saturated heterocycles. The van der Waals surface area contributed by atoms with E-state index in [4.69, 9.17) is 5.73 Å². The molecular formula is C17H24FN3. The first-order valence-corrected chi connectivity index (χ1v) is 7.57. The van der Waals surface area contributed by atoms with Gasteiger partial charge in [-0.1, -0.05) is 17.9 Å². The smallest absolute Gasteiger partial charge is 0.138 e. The van der Waals surface area contributed by atoms with Crippen molar-refractivity contribution in [3.05, 3.63) is 35.1 Å². The Bertz CT molecular complexity index is 513. The highest BCUT2D eigenvalue weighted by molar-refractivity contribution is 5.38. The van der Waals surface area contributed by atoms with Crippen LogP contribution in [0, 0.1) is 17.7 Å². The Morgan fingerprint density at radius 3 is 2.81 bits per heavy atom. The fourth-order valence-corrected chi connectivity index (χ4v) is 2.62. The molecule has 0 saturated carbocycles. The Hall–Kier alpha value is -1.41. The number of likely N-dealkylation sites (N-methyl/N-ethyl adjacent to an activating group) is 1. The summed E-state index contributed by atoms with van der Waals surface area (Å²) in [5.41, 5.74) is 6.86. The van der Waals surface area contributed by atoms with Crippen LogP contribution in [0.2, 0.25) is 0 Å². The summed E-state index contributed by atoms with van der Waals surface area (Å²) < 4.78 is 13.6. The summed E-state index contributed by atoms with van der Waals surface area (Å²) >= 11 is 0. The van der Waals surface area contributed by atoms with Crippen molar-refractivity contribution in [2.45, 2.75) is 19.4 Å². The van der Waals surface area contributed by atoms with Crippen LogP contribution in [0.4, 0.5) is 4.39 Å². The van der Waals surface area contributed by atoms with Crippen LogP contribution >= 0.6 is 0 Å². The zero-order chi connectivity index (χ0) is 15.1. The van der Waals surface area contributed by atoms with E-state index in [9.17, 15) is 4.39 Å². The van der Waals surface area contributed by atoms with Crippen LogP contribution in [-0.2, 0) is 6.54 Å². The van der Waals surface area contributed by atoms with Gasteiger partial charge in [0, 0.05) is 19.6 Å². The monoisotopic (exact) mass is 289 g/mol. The lowest BCUT2D eigenvalue weighted by atomic mass is 10.1. The van der Waals surface area contributed by atoms with Gasteiger partial charge in [-0.3, -0.25) is 0 Å². The fraction of sp³-hybridized carbons (Fsp3) is 0.529. The SMILES string of the molecule is CN(CCN1CCCC1)Cc1ccc(F)c(C#CCN)c1. The topological polar surface area (TPSA) is 32.5 Å². The number of hydrogen-bond donors (Lipinski definition) is 1. The number of rotatable bonds is 5. The molecule has 0 radical (unpaired) electrons. The molecule has 2 rings (SSSR count). The zero-order valence-corrected chi connectivity index (χ0v) is 12.7. The van der Waals surface area contributed by atoms with Crippen LogP contribution in [-0.4, -0.2) is 49.6 Å². The van der Waals surface area contributed by atoms with Gasteiger partial charge in [0.25, 0.3) is 0 Å². The maximum Gasteiger partial charge on any atom is 0.138 e. The lowest BCUT2D eigenvalue weighted by Crippen LogP contribution is -2.31. The zero-order valence-electron chi connectivity index (χ0n) is 12.7. The molecule has 0 aromatic heterocycles. The van der Waals surface area contributed by atoms with Crippen molar-refractivity contribution in [1.82, 2.24) is 9.80 Å². The van der Waals surface area contributed by atoms with Gasteiger partial charge in [0.15, 0.2) is 0 Å². The molecule has 1 aliphatic heterocycles. The molecule has 0 bridgehead atoms. The minimum atomic E-state index is -0.278. The minimum Gasteiger partial charge on any atom is -0.320 e. The summed E-state index contributed by atoms with van der Waals surface area (Å²) in [5, 5.41) is 0. The van der Waals surface area contributed by atoms with Gasteiger partial charge >= 0.3 is 0 Å². The predicted octanol–water partition coefficient (Wildman–Crippen LogP) is 1.66. The molecule has 21 heavy (non-hydrogen) atoms. The van der Waals surface area contributed by atoms with E-state index in [2.05, 4.69) is 28.7 Å². The second-order valence-electron chi connectivity index (χ2n) is 5.61. The number of hydrogen-bond acceptors (Lipinski definition) is 3. The van der Waals surface area contributed by atoms with Crippen molar-refractivity contribution >= 4 is 0 Å². The number of nitrogens with two attached hydrogens (primary N) is 1. The van der Waals surface area contributed by atoms with Crippen LogP contribution in [0.25, 0.3) is 0 Å². The van der Waals surface area contributed by atoms with E-state index < -0.39 is 0 Å². The largest absolute Gasteiger partial charge is 0.320 e. The minimum absolute atomic E-state index is 0.249. The van der Waals surface area contributed by atoms with Gasteiger partial charge in [-0.05, 0) is 50.7 Å². The van der Waals surface area contributed by atoms with Crippen molar-refractivity contribution in [2.75, 3.05) is 39.8 Å². The number of benzene rings is 1. The third-order valence-corrected chi connectivity index (χ3v) is 3.81. The average Bonchev–Trinajstić information content (AvgIpc) is 2.99. The molecule has 4 heteroatoms. The first kappa shape index (κ1) is 16.0. The molecule has 0 aliphatic carbocycles. The Balaban J connectivity index is 1.89. The van der Waals surface area contributed by atoms with E-state index in [-0.39, 0.29) is 12.4 Å². The molecule has 0 amide bonds. The molecule has 114 valence electrons. The van der Waals surface area contributed by atoms with E-state index in [1.54, 1.807) is 0 Å². The van der Waals surface area contributed by atoms with Crippen LogP contribution in [0.1, 0.15) is 24.0 Å². The lowest BCUT2D eigenvalue weighted by molar-refractivity contribution is 0.252. The second kappa shape index (κ2) is 8.14. The molecule has 1 heterocycles. The molecule has 3 nitrogen and oxygen atoms in total. The second-order valence-corrected chi connectivity index (χ2v) is 5.61. The van der Waals surface area contributed by atoms with Gasteiger partial charge in [0.2, 0.25) is 0 Å². The van der Waals surface area contributed by atoms with E-state index in [0.717, 1.165) is 25.2 Å². The van der Waals surface area contributed by atoms with Gasteiger partial charge < -0.3 is 15.5 Å². The van der Waals surface area contributed by atoms with Gasteiger partial charge in [0.1, 0.15) is 5.82 Å². The summed E-state index contributed by atoms with van der Waals surface area (Å²) in [6, 6.07) is 5.14. The summed E-state index contributed by atoms with van der Waals surface area (Å²) in [5.74, 6) is 5.21. The van der Waals surface area contributed by atoms with Crippen LogP contribution in [0.5, 0.6) is 0 Å². The summed E-state index contributed by atoms with van der Waals surface area (Å²) in [6.07, 6.45) is 2.65. The molecule has 1 aromatic carbocycles. The van der Waals surface area contributed by atoms with Crippen molar-refractivity contribution < 1.29 is 4.39 Å². The van der Waals surface area contributed by atoms with Crippen molar-refractivity contribution in [2.24, 2.45) is 5.73 Å². The Morgan fingerprint density at radius 1 is 1.33 bits per heavy atom. The molecular weight excluding hydrogens is 265 g/mol. The summed E-state index contributed by atoms with van der Waals surface area (Å²) in [6.45, 7) is 5.65. The third kappa shape index (κ3) is 5.13. The quantitative estimate of drug-likeness (QED) is 0.837. The molecule has 0 atom stereocenters. The maximum atomic E-state index is 13.6. The van der Waals surface area contributed by atoms with Crippen molar-refractivity contribution in [3.8, 4) is 11.8 Å². The highest BCUT2D eigenvalue weighted by Crippen LogP contribution is 2.12. The maximum absolute atomic E-state index is 13.6. The molecule has 2 N–H and O–H groups in total. The van der Waals surface area contributed by atoms with Crippen LogP contribution in [0.3, 0.4) is 0 Å². The summed E-state index contributed by atoms with van der Waals surface area (Å²) in [7, 11) is 2.10. The van der Waals surface area contributed by atoms with Gasteiger partial charge in [-0.15, -0.1) is 0 Å². The average molecular weight is 289 g/mol. The number of halogens is 1. The van der Waals surface area contributed by atoms with Crippen LogP contribution < -0.4 is 5.73 Å². The third-order valence-electron chi connectivity index (χ3n) is 3.81. The number of nitrogens with zero attached hydrogens (tertiary/aromatic N) is 2. The van der Waals surface area contributed by atoms with E-state index in [1.807, 2.05) is 12.1 Å². The summed E-state index contributed by atoms with van der Waals surface area (Å²) in [4.78, 5) is 4.77.